The third-order valence-corrected chi connectivity index (χ3v) is 0. The zero-order chi connectivity index (χ0) is 9.00. The van der Waals surface area contributed by atoms with Crippen molar-refractivity contribution in [1.29, 1.82) is 0 Å². The van der Waals surface area contributed by atoms with E-state index in [1.165, 1.54) is 0 Å². The summed E-state index contributed by atoms with van der Waals surface area (Å²) in [5, 5.41) is 0. The van der Waals surface area contributed by atoms with Gasteiger partial charge in [-0.1, -0.05) is 74.3 Å². The molecule has 0 aromatic rings. The van der Waals surface area contributed by atoms with Crippen molar-refractivity contribution < 1.29 is 167 Å². The minimum absolute atomic E-state index is 0. The third-order valence-electron chi connectivity index (χ3n) is 0. The van der Waals surface area contributed by atoms with E-state index in [2.05, 4.69) is 0 Å². The van der Waals surface area contributed by atoms with Gasteiger partial charge in [0.25, 0.3) is 0 Å². The molecule has 0 unspecified atom stereocenters. The van der Waals surface area contributed by atoms with Gasteiger partial charge in [-0.25, -0.2) is 0 Å². The predicted molar refractivity (Wildman–Crippen MR) is 115 cm³/mol. The molecule has 8 nitrogen and oxygen atoms in total. The van der Waals surface area contributed by atoms with Crippen LogP contribution < -0.4 is 131 Å². The fourth-order valence-corrected chi connectivity index (χ4v) is 0. The van der Waals surface area contributed by atoms with E-state index in [1.807, 2.05) is 0 Å². The van der Waals surface area contributed by atoms with Gasteiger partial charge in [0.2, 0.25) is 0 Å². The Kier molecular flexibility index (Phi) is 766. The van der Waals surface area contributed by atoms with Crippen molar-refractivity contribution >= 4 is 58.0 Å². The van der Waals surface area contributed by atoms with Crippen LogP contribution in [0.4, 0.5) is 0 Å². The fourth-order valence-electron chi connectivity index (χ4n) is 0. The number of rotatable bonds is 0. The summed E-state index contributed by atoms with van der Waals surface area (Å²) in [5.74, 6) is 0. The van der Waals surface area contributed by atoms with Gasteiger partial charge in [0.1, 0.15) is 0 Å². The molecule has 0 rings (SSSR count). The molecule has 2 N–H and O–H groups in total. The minimum Gasteiger partial charge on any atom is -1.00 e. The maximum absolute atomic E-state index is 8.74. The van der Waals surface area contributed by atoms with Gasteiger partial charge in [-0.05, 0) is 0 Å². The molecule has 0 aromatic carbocycles. The molecule has 0 bridgehead atoms. The van der Waals surface area contributed by atoms with Crippen LogP contribution in [0.3, 0.4) is 0 Å². The Morgan fingerprint density at radius 2 is 0.500 bits per heavy atom. The van der Waals surface area contributed by atoms with Gasteiger partial charge < -0.3 is 22.9 Å². The SMILES string of the molecule is C.C.C.C.C.C.C.C.C.C.Cl.Cl.Cl.O=S(=O)(O)O.O=S(=O)([O-])[O-].[Cl-].[H-].[Na+].[Na+].[Na+].[Na+]. The number of hydrogen-bond acceptors (Lipinski definition) is 6. The Morgan fingerprint density at radius 1 is 0.500 bits per heavy atom. The van der Waals surface area contributed by atoms with Crippen molar-refractivity contribution in [2.75, 3.05) is 0 Å². The maximum atomic E-state index is 8.74. The summed E-state index contributed by atoms with van der Waals surface area (Å²) in [6, 6.07) is 0. The van der Waals surface area contributed by atoms with Crippen molar-refractivity contribution in [2.45, 2.75) is 74.3 Å². The zero-order valence-electron chi connectivity index (χ0n) is 10.8. The van der Waals surface area contributed by atoms with Crippen LogP contribution in [0.2, 0.25) is 0 Å². The normalized spacial score (nSPS) is 4.14. The third kappa shape index (κ3) is 1150. The van der Waals surface area contributed by atoms with E-state index in [0.29, 0.717) is 0 Å². The molecule has 0 aliphatic rings. The molecule has 0 fully saturated rings. The molecule has 0 saturated heterocycles. The van der Waals surface area contributed by atoms with Crippen LogP contribution in [-0.2, 0) is 20.8 Å². The van der Waals surface area contributed by atoms with E-state index in [0.717, 1.165) is 0 Å². The predicted octanol–water partition coefficient (Wildman–Crippen LogP) is -9.23. The second kappa shape index (κ2) is 107. The van der Waals surface area contributed by atoms with Crippen LogP contribution in [0.15, 0.2) is 0 Å². The molecule has 18 heteroatoms. The van der Waals surface area contributed by atoms with Crippen molar-refractivity contribution in [3.8, 4) is 0 Å². The van der Waals surface area contributed by atoms with Crippen LogP contribution in [0, 0.1) is 0 Å². The average molecular weight is 592 g/mol. The molecule has 178 valence electrons. The van der Waals surface area contributed by atoms with E-state index < -0.39 is 20.8 Å². The quantitative estimate of drug-likeness (QED) is 0.160. The molecular formula is C10H46Cl4Na4O8S2. The molecule has 0 radical (unpaired) electrons. The monoisotopic (exact) mass is 590 g/mol. The topological polar surface area (TPSA) is 155 Å². The second-order valence-electron chi connectivity index (χ2n) is 0.856. The molecule has 0 amide bonds. The van der Waals surface area contributed by atoms with Crippen LogP contribution >= 0.6 is 37.2 Å². The smallest absolute Gasteiger partial charge is 1.00 e. The van der Waals surface area contributed by atoms with Crippen LogP contribution in [-0.4, -0.2) is 35.0 Å². The van der Waals surface area contributed by atoms with Gasteiger partial charge >= 0.3 is 129 Å². The van der Waals surface area contributed by atoms with Gasteiger partial charge in [-0.15, -0.1) is 37.2 Å². The van der Waals surface area contributed by atoms with Gasteiger partial charge in [-0.3, -0.25) is 17.5 Å². The van der Waals surface area contributed by atoms with Gasteiger partial charge in [0.05, 0.1) is 0 Å². The van der Waals surface area contributed by atoms with Gasteiger partial charge in [0, 0.05) is 10.4 Å². The largest absolute Gasteiger partial charge is 1.00 e. The second-order valence-corrected chi connectivity index (χ2v) is 2.57. The van der Waals surface area contributed by atoms with Gasteiger partial charge in [-0.2, -0.15) is 8.42 Å². The first-order valence-corrected chi connectivity index (χ1v) is 4.10. The summed E-state index contributed by atoms with van der Waals surface area (Å²) >= 11 is 0. The van der Waals surface area contributed by atoms with E-state index >= 15 is 0 Å². The van der Waals surface area contributed by atoms with Crippen molar-refractivity contribution in [3.63, 3.8) is 0 Å². The molecule has 0 aliphatic carbocycles. The Labute approximate surface area is 294 Å². The van der Waals surface area contributed by atoms with Crippen LogP contribution in [0.25, 0.3) is 0 Å². The summed E-state index contributed by atoms with van der Waals surface area (Å²) in [5.41, 5.74) is 0. The molecule has 0 saturated carbocycles. The molecule has 28 heavy (non-hydrogen) atoms. The maximum Gasteiger partial charge on any atom is 1.00 e. The summed E-state index contributed by atoms with van der Waals surface area (Å²) in [4.78, 5) is 0. The van der Waals surface area contributed by atoms with E-state index in [4.69, 9.17) is 35.0 Å². The molecule has 0 aromatic heterocycles. The summed E-state index contributed by atoms with van der Waals surface area (Å²) in [6.07, 6.45) is 0. The van der Waals surface area contributed by atoms with Crippen LogP contribution in [0.1, 0.15) is 75.7 Å². The Morgan fingerprint density at radius 3 is 0.500 bits per heavy atom. The van der Waals surface area contributed by atoms with E-state index in [9.17, 15) is 0 Å². The number of hydrogen-bond donors (Lipinski definition) is 2. The fraction of sp³-hybridized carbons (Fsp3) is 1.00. The van der Waals surface area contributed by atoms with E-state index in [1.54, 1.807) is 0 Å². The molecule has 0 atom stereocenters. The summed E-state index contributed by atoms with van der Waals surface area (Å²) in [6.45, 7) is 0. The van der Waals surface area contributed by atoms with Gasteiger partial charge in [0.15, 0.2) is 0 Å². The summed E-state index contributed by atoms with van der Waals surface area (Å²) < 4.78 is 65.7. The zero-order valence-corrected chi connectivity index (χ0v) is 22.6. The van der Waals surface area contributed by atoms with E-state index in [-0.39, 0.29) is 244 Å². The van der Waals surface area contributed by atoms with Crippen LogP contribution in [0.5, 0.6) is 0 Å². The van der Waals surface area contributed by atoms with Crippen molar-refractivity contribution in [1.82, 2.24) is 0 Å². The Bertz CT molecular complexity index is 262. The average Bonchev–Trinajstić information content (AvgIpc) is 1.12. The molecular weight excluding hydrogens is 546 g/mol. The molecule has 0 aliphatic heterocycles. The number of halogens is 4. The first-order chi connectivity index (χ1) is 4.00. The Hall–Kier alpha value is 4.90. The summed E-state index contributed by atoms with van der Waals surface area (Å²) in [7, 11) is -9.83. The minimum atomic E-state index is -5.17. The standard InChI is InChI=1S/10CH4.4ClH.4Na.2H2O4S.H/c;;;;;;;;;;;;;;;;;;2*1-5(2,3)4;/h10*1H4;4*1H;;;;;2*(H2,1,2,3,4);/q;;;;;;;;;;;;;;4*+1;;;-1/p-3. The first-order valence-electron chi connectivity index (χ1n) is 1.37. The molecule has 0 spiro atoms. The van der Waals surface area contributed by atoms with Crippen molar-refractivity contribution in [3.05, 3.63) is 0 Å². The van der Waals surface area contributed by atoms with Crippen molar-refractivity contribution in [2.24, 2.45) is 0 Å². The Balaban J connectivity index is -0.00000000140. The first kappa shape index (κ1) is 201. The molecule has 0 heterocycles.